The molecule has 0 aliphatic carbocycles. The van der Waals surface area contributed by atoms with Gasteiger partial charge < -0.3 is 14.6 Å². The molecular formula is C15H14N3NaO6S. The summed E-state index contributed by atoms with van der Waals surface area (Å²) < 4.78 is 43.0. The Balaban J connectivity index is 0.00000338. The summed E-state index contributed by atoms with van der Waals surface area (Å²) in [5, 5.41) is 15.6. The van der Waals surface area contributed by atoms with Crippen LogP contribution in [0.5, 0.6) is 11.5 Å². The molecule has 0 saturated heterocycles. The van der Waals surface area contributed by atoms with Crippen molar-refractivity contribution < 1.29 is 57.1 Å². The molecule has 0 saturated carbocycles. The summed E-state index contributed by atoms with van der Waals surface area (Å²) >= 11 is 0. The van der Waals surface area contributed by atoms with E-state index in [2.05, 4.69) is 14.6 Å². The van der Waals surface area contributed by atoms with E-state index in [4.69, 9.17) is 14.0 Å². The van der Waals surface area contributed by atoms with E-state index in [1.165, 1.54) is 26.4 Å². The molecule has 0 unspecified atom stereocenters. The first-order chi connectivity index (χ1) is 11.8. The largest absolute Gasteiger partial charge is 1.00 e. The van der Waals surface area contributed by atoms with Crippen LogP contribution in [-0.4, -0.2) is 33.1 Å². The van der Waals surface area contributed by atoms with Crippen LogP contribution in [-0.2, 0) is 10.3 Å². The number of benzene rings is 2. The molecule has 0 aliphatic rings. The van der Waals surface area contributed by atoms with E-state index in [-0.39, 0.29) is 52.4 Å². The zero-order valence-electron chi connectivity index (χ0n) is 14.3. The van der Waals surface area contributed by atoms with Gasteiger partial charge in [-0.05, 0) is 16.0 Å². The summed E-state index contributed by atoms with van der Waals surface area (Å²) in [4.78, 5) is 3.97. The third-order valence-corrected chi connectivity index (χ3v) is 3.26. The van der Waals surface area contributed by atoms with Crippen molar-refractivity contribution in [2.75, 3.05) is 14.2 Å². The second-order valence-corrected chi connectivity index (χ2v) is 5.67. The van der Waals surface area contributed by atoms with Gasteiger partial charge in [0.2, 0.25) is 0 Å². The average Bonchev–Trinajstić information content (AvgIpc) is 2.60. The van der Waals surface area contributed by atoms with Gasteiger partial charge in [0, 0.05) is 12.1 Å². The van der Waals surface area contributed by atoms with Crippen LogP contribution in [0.15, 0.2) is 57.1 Å². The number of rotatable bonds is 6. The van der Waals surface area contributed by atoms with Crippen LogP contribution in [0.1, 0.15) is 5.56 Å². The van der Waals surface area contributed by atoms with Gasteiger partial charge in [-0.25, -0.2) is 0 Å². The molecule has 0 atom stereocenters. The van der Waals surface area contributed by atoms with Crippen LogP contribution >= 0.6 is 0 Å². The number of hydrogen-bond donors (Lipinski definition) is 1. The SMILES string of the molecule is COc1cc(N=C([O-])c2ccccc2)c(OC)cc1N=NS(=O)(=O)O.[Na+]. The van der Waals surface area contributed by atoms with Crippen molar-refractivity contribution in [1.29, 1.82) is 0 Å². The Morgan fingerprint density at radius 3 is 2.12 bits per heavy atom. The van der Waals surface area contributed by atoms with Crippen molar-refractivity contribution in [2.45, 2.75) is 0 Å². The molecule has 2 rings (SSSR count). The topological polar surface area (TPSA) is 133 Å². The monoisotopic (exact) mass is 387 g/mol. The summed E-state index contributed by atoms with van der Waals surface area (Å²) in [7, 11) is -1.99. The Hall–Kier alpha value is -1.98. The molecule has 0 fully saturated rings. The van der Waals surface area contributed by atoms with Crippen molar-refractivity contribution in [3.63, 3.8) is 0 Å². The second-order valence-electron chi connectivity index (χ2n) is 4.61. The summed E-state index contributed by atoms with van der Waals surface area (Å²) in [6, 6.07) is 11.0. The Labute approximate surface area is 172 Å². The van der Waals surface area contributed by atoms with Gasteiger partial charge in [0.15, 0.2) is 0 Å². The van der Waals surface area contributed by atoms with E-state index in [9.17, 15) is 13.5 Å². The van der Waals surface area contributed by atoms with Crippen LogP contribution in [0, 0.1) is 0 Å². The van der Waals surface area contributed by atoms with Gasteiger partial charge in [-0.2, -0.15) is 8.42 Å². The number of methoxy groups -OCH3 is 2. The Morgan fingerprint density at radius 2 is 1.58 bits per heavy atom. The molecular weight excluding hydrogens is 373 g/mol. The predicted octanol–water partition coefficient (Wildman–Crippen LogP) is -0.967. The van der Waals surface area contributed by atoms with Crippen molar-refractivity contribution in [1.82, 2.24) is 0 Å². The van der Waals surface area contributed by atoms with Gasteiger partial charge in [0.05, 0.1) is 14.2 Å². The fraction of sp³-hybridized carbons (Fsp3) is 0.133. The van der Waals surface area contributed by atoms with E-state index in [1.807, 2.05) is 0 Å². The van der Waals surface area contributed by atoms with E-state index < -0.39 is 16.2 Å². The molecule has 26 heavy (non-hydrogen) atoms. The van der Waals surface area contributed by atoms with Crippen LogP contribution in [0.3, 0.4) is 0 Å². The zero-order chi connectivity index (χ0) is 18.4. The van der Waals surface area contributed by atoms with E-state index in [0.717, 1.165) is 0 Å². The molecule has 0 radical (unpaired) electrons. The minimum absolute atomic E-state index is 0. The first kappa shape index (κ1) is 22.1. The fourth-order valence-electron chi connectivity index (χ4n) is 1.88. The van der Waals surface area contributed by atoms with Crippen LogP contribution < -0.4 is 44.1 Å². The first-order valence-electron chi connectivity index (χ1n) is 6.81. The number of nitrogens with zero attached hydrogens (tertiary/aromatic N) is 3. The summed E-state index contributed by atoms with van der Waals surface area (Å²) in [6.45, 7) is 0. The van der Waals surface area contributed by atoms with Gasteiger partial charge in [-0.1, -0.05) is 30.3 Å². The Bertz CT molecular complexity index is 916. The minimum Gasteiger partial charge on any atom is -0.858 e. The number of aliphatic imine (C=N–C) groups is 1. The molecule has 1 N–H and O–H groups in total. The quantitative estimate of drug-likeness (QED) is 0.223. The molecule has 11 heteroatoms. The second kappa shape index (κ2) is 9.64. The molecule has 0 heterocycles. The van der Waals surface area contributed by atoms with Gasteiger partial charge >= 0.3 is 39.9 Å². The van der Waals surface area contributed by atoms with Gasteiger partial charge in [0.25, 0.3) is 0 Å². The first-order valence-corrected chi connectivity index (χ1v) is 8.21. The standard InChI is InChI=1S/C15H15N3O6S.Na/c1-23-13-9-12(17-18-25(20,21)22)14(24-2)8-11(13)16-15(19)10-6-4-3-5-7-10;/h3-9H,1-2H3,(H,16,19)(H,20,21,22);/q;+1/p-1. The third-order valence-electron chi connectivity index (χ3n) is 2.97. The van der Waals surface area contributed by atoms with E-state index >= 15 is 0 Å². The van der Waals surface area contributed by atoms with Crippen LogP contribution in [0.2, 0.25) is 0 Å². The number of hydrogen-bond acceptors (Lipinski definition) is 7. The molecule has 0 spiro atoms. The molecule has 2 aromatic rings. The molecule has 2 aromatic carbocycles. The van der Waals surface area contributed by atoms with Crippen molar-refractivity contribution in [3.8, 4) is 11.5 Å². The zero-order valence-corrected chi connectivity index (χ0v) is 17.1. The summed E-state index contributed by atoms with van der Waals surface area (Å²) in [5.74, 6) is -0.254. The van der Waals surface area contributed by atoms with E-state index in [1.54, 1.807) is 30.3 Å². The number of ether oxygens (including phenoxy) is 2. The Morgan fingerprint density at radius 1 is 1.04 bits per heavy atom. The molecule has 9 nitrogen and oxygen atoms in total. The summed E-state index contributed by atoms with van der Waals surface area (Å²) in [5.41, 5.74) is 0.528. The molecule has 0 amide bonds. The maximum Gasteiger partial charge on any atom is 1.00 e. The molecule has 0 bridgehead atoms. The maximum absolute atomic E-state index is 12.2. The molecule has 0 aromatic heterocycles. The van der Waals surface area contributed by atoms with Gasteiger partial charge in [0.1, 0.15) is 22.9 Å². The smallest absolute Gasteiger partial charge is 0.858 e. The fourth-order valence-corrected chi connectivity index (χ4v) is 2.07. The summed E-state index contributed by atoms with van der Waals surface area (Å²) in [6.07, 6.45) is 0. The predicted molar refractivity (Wildman–Crippen MR) is 88.2 cm³/mol. The minimum atomic E-state index is -4.65. The average molecular weight is 387 g/mol. The van der Waals surface area contributed by atoms with Crippen molar-refractivity contribution >= 4 is 27.6 Å². The van der Waals surface area contributed by atoms with Crippen molar-refractivity contribution in [3.05, 3.63) is 48.0 Å². The van der Waals surface area contributed by atoms with Crippen LogP contribution in [0.25, 0.3) is 0 Å². The van der Waals surface area contributed by atoms with Crippen LogP contribution in [0.4, 0.5) is 11.4 Å². The van der Waals surface area contributed by atoms with E-state index in [0.29, 0.717) is 5.56 Å². The third kappa shape index (κ3) is 6.07. The maximum atomic E-state index is 12.2. The van der Waals surface area contributed by atoms with Gasteiger partial charge in [-0.3, -0.25) is 9.55 Å². The molecule has 132 valence electrons. The normalized spacial score (nSPS) is 11.9. The van der Waals surface area contributed by atoms with Crippen molar-refractivity contribution in [2.24, 2.45) is 14.6 Å². The molecule has 0 aliphatic heterocycles. The Kier molecular flexibility index (Phi) is 8.18. The van der Waals surface area contributed by atoms with Gasteiger partial charge in [-0.15, -0.1) is 5.11 Å².